The summed E-state index contributed by atoms with van der Waals surface area (Å²) in [4.78, 5) is 10.9. The second-order valence-corrected chi connectivity index (χ2v) is 4.08. The first-order chi connectivity index (χ1) is 6.20. The largest absolute Gasteiger partial charge is 0.378 e. The normalized spacial score (nSPS) is 24.6. The van der Waals surface area contributed by atoms with Crippen LogP contribution in [-0.4, -0.2) is 18.5 Å². The van der Waals surface area contributed by atoms with Gasteiger partial charge in [0.05, 0.1) is 6.10 Å². The molecule has 1 aliphatic heterocycles. The third kappa shape index (κ3) is 3.90. The van der Waals surface area contributed by atoms with Gasteiger partial charge in [-0.15, -0.1) is 0 Å². The van der Waals surface area contributed by atoms with Crippen molar-refractivity contribution in [3.63, 3.8) is 0 Å². The van der Waals surface area contributed by atoms with E-state index < -0.39 is 0 Å². The van der Waals surface area contributed by atoms with Gasteiger partial charge in [0.15, 0.2) is 0 Å². The van der Waals surface area contributed by atoms with Gasteiger partial charge in [0.25, 0.3) is 0 Å². The maximum absolute atomic E-state index is 10.9. The number of rotatable bonds is 5. The molecule has 0 saturated carbocycles. The molecule has 0 aromatic heterocycles. The summed E-state index contributed by atoms with van der Waals surface area (Å²) in [5.74, 6) is 0.550. The number of hydrogen-bond acceptors (Lipinski definition) is 2. The highest BCUT2D eigenvalue weighted by molar-refractivity contribution is 5.77. The van der Waals surface area contributed by atoms with Crippen molar-refractivity contribution in [2.24, 2.45) is 5.92 Å². The molecule has 0 aliphatic carbocycles. The lowest BCUT2D eigenvalue weighted by molar-refractivity contribution is -0.120. The van der Waals surface area contributed by atoms with E-state index in [1.165, 1.54) is 12.8 Å². The van der Waals surface area contributed by atoms with Crippen LogP contribution in [0.5, 0.6) is 0 Å². The molecule has 1 fully saturated rings. The van der Waals surface area contributed by atoms with E-state index in [1.54, 1.807) is 6.92 Å². The van der Waals surface area contributed by atoms with Crippen LogP contribution in [0, 0.1) is 5.92 Å². The van der Waals surface area contributed by atoms with Crippen LogP contribution < -0.4 is 0 Å². The summed E-state index contributed by atoms with van der Waals surface area (Å²) in [6, 6.07) is 0. The molecular weight excluding hydrogens is 164 g/mol. The zero-order chi connectivity index (χ0) is 9.68. The summed E-state index contributed by atoms with van der Waals surface area (Å²) >= 11 is 0. The fraction of sp³-hybridized carbons (Fsp3) is 0.909. The fourth-order valence-corrected chi connectivity index (χ4v) is 1.73. The first-order valence-corrected chi connectivity index (χ1v) is 5.32. The van der Waals surface area contributed by atoms with E-state index in [9.17, 15) is 4.79 Å². The molecule has 1 heterocycles. The van der Waals surface area contributed by atoms with Crippen LogP contribution >= 0.6 is 0 Å². The van der Waals surface area contributed by atoms with Crippen LogP contribution in [0.2, 0.25) is 0 Å². The summed E-state index contributed by atoms with van der Waals surface area (Å²) < 4.78 is 5.51. The van der Waals surface area contributed by atoms with E-state index >= 15 is 0 Å². The zero-order valence-corrected chi connectivity index (χ0v) is 8.71. The molecule has 1 saturated heterocycles. The van der Waals surface area contributed by atoms with Crippen LogP contribution in [0.3, 0.4) is 0 Å². The predicted octanol–water partition coefficient (Wildman–Crippen LogP) is 2.56. The van der Waals surface area contributed by atoms with Crippen LogP contribution in [0.4, 0.5) is 0 Å². The molecule has 0 bridgehead atoms. The number of ketones is 1. The monoisotopic (exact) mass is 184 g/mol. The summed E-state index contributed by atoms with van der Waals surface area (Å²) in [5.41, 5.74) is 0. The molecule has 0 spiro atoms. The van der Waals surface area contributed by atoms with Crippen LogP contribution in [-0.2, 0) is 9.53 Å². The molecule has 0 N–H and O–H groups in total. The number of hydrogen-bond donors (Lipinski definition) is 0. The van der Waals surface area contributed by atoms with E-state index in [1.807, 2.05) is 6.92 Å². The Morgan fingerprint density at radius 1 is 1.62 bits per heavy atom. The lowest BCUT2D eigenvalue weighted by Gasteiger charge is -2.10. The van der Waals surface area contributed by atoms with Crippen LogP contribution in [0.25, 0.3) is 0 Å². The standard InChI is InChI=1S/C11H20O2/c1-9(10(2)12)5-3-6-11-7-4-8-13-11/h9,11H,3-8H2,1-2H3. The van der Waals surface area contributed by atoms with Crippen LogP contribution in [0.15, 0.2) is 0 Å². The summed E-state index contributed by atoms with van der Waals surface area (Å²) in [6.45, 7) is 4.63. The highest BCUT2D eigenvalue weighted by atomic mass is 16.5. The van der Waals surface area contributed by atoms with E-state index in [0.29, 0.717) is 11.9 Å². The second-order valence-electron chi connectivity index (χ2n) is 4.08. The highest BCUT2D eigenvalue weighted by Crippen LogP contribution is 2.19. The third-order valence-electron chi connectivity index (χ3n) is 2.88. The molecule has 0 radical (unpaired) electrons. The van der Waals surface area contributed by atoms with E-state index in [2.05, 4.69) is 0 Å². The Morgan fingerprint density at radius 3 is 2.92 bits per heavy atom. The van der Waals surface area contributed by atoms with Crippen molar-refractivity contribution in [1.29, 1.82) is 0 Å². The minimum atomic E-state index is 0.237. The molecule has 2 atom stereocenters. The molecule has 2 unspecified atom stereocenters. The van der Waals surface area contributed by atoms with Crippen LogP contribution in [0.1, 0.15) is 46.0 Å². The molecule has 0 aromatic carbocycles. The molecule has 2 heteroatoms. The quantitative estimate of drug-likeness (QED) is 0.656. The number of carbonyl (C=O) groups excluding carboxylic acids is 1. The lowest BCUT2D eigenvalue weighted by Crippen LogP contribution is -2.09. The number of carbonyl (C=O) groups is 1. The van der Waals surface area contributed by atoms with E-state index in [-0.39, 0.29) is 5.92 Å². The van der Waals surface area contributed by atoms with Gasteiger partial charge in [0, 0.05) is 12.5 Å². The Hall–Kier alpha value is -0.370. The van der Waals surface area contributed by atoms with Crippen molar-refractivity contribution in [2.75, 3.05) is 6.61 Å². The average molecular weight is 184 g/mol. The molecule has 0 amide bonds. The van der Waals surface area contributed by atoms with Gasteiger partial charge in [0.1, 0.15) is 5.78 Å². The Kier molecular flexibility index (Phi) is 4.43. The summed E-state index contributed by atoms with van der Waals surface area (Å²) in [6.07, 6.45) is 6.21. The predicted molar refractivity (Wildman–Crippen MR) is 52.7 cm³/mol. The minimum absolute atomic E-state index is 0.237. The van der Waals surface area contributed by atoms with Gasteiger partial charge in [0.2, 0.25) is 0 Å². The molecule has 76 valence electrons. The van der Waals surface area contributed by atoms with Crippen molar-refractivity contribution in [3.8, 4) is 0 Å². The van der Waals surface area contributed by atoms with Gasteiger partial charge < -0.3 is 4.74 Å². The molecule has 0 aromatic rings. The van der Waals surface area contributed by atoms with Crippen molar-refractivity contribution in [3.05, 3.63) is 0 Å². The molecule has 1 rings (SSSR count). The number of Topliss-reactive ketones (excluding diaryl/α,β-unsaturated/α-hetero) is 1. The van der Waals surface area contributed by atoms with Gasteiger partial charge in [-0.2, -0.15) is 0 Å². The van der Waals surface area contributed by atoms with E-state index in [0.717, 1.165) is 25.9 Å². The fourth-order valence-electron chi connectivity index (χ4n) is 1.73. The maximum Gasteiger partial charge on any atom is 0.132 e. The Balaban J connectivity index is 2.02. The second kappa shape index (κ2) is 5.38. The summed E-state index contributed by atoms with van der Waals surface area (Å²) in [5, 5.41) is 0. The summed E-state index contributed by atoms with van der Waals surface area (Å²) in [7, 11) is 0. The highest BCUT2D eigenvalue weighted by Gasteiger charge is 2.15. The molecule has 13 heavy (non-hydrogen) atoms. The van der Waals surface area contributed by atoms with Crippen molar-refractivity contribution in [2.45, 2.75) is 52.1 Å². The van der Waals surface area contributed by atoms with Crippen molar-refractivity contribution >= 4 is 5.78 Å². The smallest absolute Gasteiger partial charge is 0.132 e. The lowest BCUT2D eigenvalue weighted by atomic mass is 9.98. The van der Waals surface area contributed by atoms with E-state index in [4.69, 9.17) is 4.74 Å². The zero-order valence-electron chi connectivity index (χ0n) is 8.71. The van der Waals surface area contributed by atoms with Gasteiger partial charge in [-0.25, -0.2) is 0 Å². The van der Waals surface area contributed by atoms with Gasteiger partial charge in [-0.05, 0) is 32.6 Å². The maximum atomic E-state index is 10.9. The third-order valence-corrected chi connectivity index (χ3v) is 2.88. The van der Waals surface area contributed by atoms with Gasteiger partial charge in [-0.1, -0.05) is 13.3 Å². The average Bonchev–Trinajstić information content (AvgIpc) is 2.56. The van der Waals surface area contributed by atoms with Gasteiger partial charge in [-0.3, -0.25) is 4.79 Å². The Bertz CT molecular complexity index is 159. The first-order valence-electron chi connectivity index (χ1n) is 5.32. The first kappa shape index (κ1) is 10.7. The van der Waals surface area contributed by atoms with Crippen molar-refractivity contribution < 1.29 is 9.53 Å². The SMILES string of the molecule is CC(=O)C(C)CCCC1CCCO1. The minimum Gasteiger partial charge on any atom is -0.378 e. The Morgan fingerprint density at radius 2 is 2.38 bits per heavy atom. The molecule has 2 nitrogen and oxygen atoms in total. The molecule has 1 aliphatic rings. The van der Waals surface area contributed by atoms with Crippen molar-refractivity contribution in [1.82, 2.24) is 0 Å². The number of ether oxygens (including phenoxy) is 1. The van der Waals surface area contributed by atoms with Gasteiger partial charge >= 0.3 is 0 Å². The molecular formula is C11H20O2. The Labute approximate surface area is 80.7 Å². The topological polar surface area (TPSA) is 26.3 Å².